The van der Waals surface area contributed by atoms with E-state index in [4.69, 9.17) is 0 Å². The number of hydrogen-bond donors (Lipinski definition) is 1. The Labute approximate surface area is 108 Å². The van der Waals surface area contributed by atoms with E-state index in [9.17, 15) is 4.79 Å². The molecular weight excluding hydrogens is 266 g/mol. The Balaban J connectivity index is 2.47. The molecule has 3 heteroatoms. The maximum atomic E-state index is 12.0. The molecule has 1 aliphatic rings. The molecule has 94 valence electrons. The second kappa shape index (κ2) is 5.52. The molecule has 0 radical (unpaired) electrons. The van der Waals surface area contributed by atoms with Gasteiger partial charge in [-0.05, 0) is 24.7 Å². The van der Waals surface area contributed by atoms with E-state index in [1.807, 2.05) is 13.8 Å². The van der Waals surface area contributed by atoms with Crippen LogP contribution in [0.25, 0.3) is 0 Å². The Morgan fingerprint density at radius 1 is 1.38 bits per heavy atom. The number of halogens is 1. The molecule has 1 saturated carbocycles. The second-order valence-electron chi connectivity index (χ2n) is 5.76. The van der Waals surface area contributed by atoms with Gasteiger partial charge in [-0.15, -0.1) is 0 Å². The molecule has 0 saturated heterocycles. The van der Waals surface area contributed by atoms with Crippen molar-refractivity contribution in [3.63, 3.8) is 0 Å². The first-order chi connectivity index (χ1) is 7.46. The lowest BCUT2D eigenvalue weighted by Crippen LogP contribution is -2.43. The van der Waals surface area contributed by atoms with Crippen molar-refractivity contribution in [3.8, 4) is 0 Å². The van der Waals surface area contributed by atoms with Crippen molar-refractivity contribution < 1.29 is 4.79 Å². The molecule has 1 N–H and O–H groups in total. The largest absolute Gasteiger partial charge is 0.355 e. The van der Waals surface area contributed by atoms with Crippen molar-refractivity contribution in [1.82, 2.24) is 5.32 Å². The molecule has 0 atom stereocenters. The van der Waals surface area contributed by atoms with Crippen molar-refractivity contribution in [2.24, 2.45) is 10.8 Å². The van der Waals surface area contributed by atoms with Crippen LogP contribution >= 0.6 is 15.9 Å². The third-order valence-corrected chi connectivity index (χ3v) is 5.26. The van der Waals surface area contributed by atoms with Crippen molar-refractivity contribution in [3.05, 3.63) is 0 Å². The van der Waals surface area contributed by atoms with Gasteiger partial charge >= 0.3 is 0 Å². The summed E-state index contributed by atoms with van der Waals surface area (Å²) < 4.78 is 0. The minimum atomic E-state index is -0.230. The number of amides is 1. The maximum Gasteiger partial charge on any atom is 0.225 e. The van der Waals surface area contributed by atoms with E-state index in [1.165, 1.54) is 25.7 Å². The van der Waals surface area contributed by atoms with Crippen LogP contribution < -0.4 is 5.32 Å². The van der Waals surface area contributed by atoms with Crippen molar-refractivity contribution in [2.45, 2.75) is 52.9 Å². The molecule has 0 aliphatic heterocycles. The van der Waals surface area contributed by atoms with Gasteiger partial charge in [0.2, 0.25) is 5.91 Å². The van der Waals surface area contributed by atoms with Crippen LogP contribution in [0, 0.1) is 10.8 Å². The molecule has 1 amide bonds. The topological polar surface area (TPSA) is 29.1 Å². The zero-order valence-corrected chi connectivity index (χ0v) is 12.3. The van der Waals surface area contributed by atoms with Crippen LogP contribution in [0.1, 0.15) is 52.9 Å². The van der Waals surface area contributed by atoms with Crippen molar-refractivity contribution >= 4 is 21.8 Å². The number of carbonyl (C=O) groups excluding carboxylic acids is 1. The number of alkyl halides is 1. The first kappa shape index (κ1) is 14.0. The lowest BCUT2D eigenvalue weighted by molar-refractivity contribution is -0.129. The predicted octanol–water partition coefficient (Wildman–Crippen LogP) is 3.49. The van der Waals surface area contributed by atoms with E-state index in [-0.39, 0.29) is 11.3 Å². The fraction of sp³-hybridized carbons (Fsp3) is 0.923. The molecule has 0 unspecified atom stereocenters. The first-order valence-electron chi connectivity index (χ1n) is 6.30. The van der Waals surface area contributed by atoms with Crippen LogP contribution in [0.5, 0.6) is 0 Å². The fourth-order valence-corrected chi connectivity index (χ4v) is 2.91. The van der Waals surface area contributed by atoms with Crippen LogP contribution in [0.15, 0.2) is 0 Å². The quantitative estimate of drug-likeness (QED) is 0.771. The summed E-state index contributed by atoms with van der Waals surface area (Å²) >= 11 is 3.60. The summed E-state index contributed by atoms with van der Waals surface area (Å²) in [5.41, 5.74) is 0.0889. The van der Waals surface area contributed by atoms with E-state index in [1.54, 1.807) is 0 Å². The summed E-state index contributed by atoms with van der Waals surface area (Å²) in [7, 11) is 0. The molecule has 0 aromatic heterocycles. The Morgan fingerprint density at radius 3 is 2.38 bits per heavy atom. The minimum Gasteiger partial charge on any atom is -0.355 e. The van der Waals surface area contributed by atoms with Gasteiger partial charge in [0.1, 0.15) is 0 Å². The van der Waals surface area contributed by atoms with Crippen molar-refractivity contribution in [2.75, 3.05) is 11.9 Å². The van der Waals surface area contributed by atoms with Crippen LogP contribution in [-0.2, 0) is 4.79 Å². The van der Waals surface area contributed by atoms with Crippen LogP contribution in [0.3, 0.4) is 0 Å². The minimum absolute atomic E-state index is 0.197. The summed E-state index contributed by atoms with van der Waals surface area (Å²) in [6.07, 6.45) is 5.98. The van der Waals surface area contributed by atoms with Gasteiger partial charge in [0.25, 0.3) is 0 Å². The third kappa shape index (κ3) is 3.22. The van der Waals surface area contributed by atoms with Gasteiger partial charge in [0.15, 0.2) is 0 Å². The molecule has 0 spiro atoms. The normalized spacial score (nSPS) is 19.8. The van der Waals surface area contributed by atoms with E-state index < -0.39 is 0 Å². The van der Waals surface area contributed by atoms with E-state index in [0.29, 0.717) is 5.41 Å². The molecule has 1 fully saturated rings. The van der Waals surface area contributed by atoms with Gasteiger partial charge in [0.05, 0.1) is 0 Å². The first-order valence-corrected chi connectivity index (χ1v) is 7.42. The molecule has 0 aromatic carbocycles. The molecule has 0 heterocycles. The summed E-state index contributed by atoms with van der Waals surface area (Å²) in [5, 5.41) is 4.15. The molecule has 0 aromatic rings. The number of hydrogen-bond acceptors (Lipinski definition) is 1. The maximum absolute atomic E-state index is 12.0. The van der Waals surface area contributed by atoms with Gasteiger partial charge in [-0.25, -0.2) is 0 Å². The summed E-state index contributed by atoms with van der Waals surface area (Å²) in [6, 6.07) is 0. The van der Waals surface area contributed by atoms with Gasteiger partial charge in [-0.1, -0.05) is 49.5 Å². The Bertz CT molecular complexity index is 244. The highest BCUT2D eigenvalue weighted by Crippen LogP contribution is 2.39. The third-order valence-electron chi connectivity index (χ3n) is 4.07. The highest BCUT2D eigenvalue weighted by atomic mass is 79.9. The smallest absolute Gasteiger partial charge is 0.225 e. The average molecular weight is 290 g/mol. The van der Waals surface area contributed by atoms with Crippen molar-refractivity contribution in [1.29, 1.82) is 0 Å². The SMILES string of the molecule is CCC(C)(C)C(=O)NCC1(CBr)CCCC1. The Hall–Kier alpha value is -0.0500. The lowest BCUT2D eigenvalue weighted by atomic mass is 9.86. The van der Waals surface area contributed by atoms with E-state index in [2.05, 4.69) is 28.2 Å². The summed E-state index contributed by atoms with van der Waals surface area (Å²) in [5.74, 6) is 0.197. The molecule has 1 rings (SSSR count). The van der Waals surface area contributed by atoms with Crippen LogP contribution in [0.4, 0.5) is 0 Å². The fourth-order valence-electron chi connectivity index (χ4n) is 2.15. The second-order valence-corrected chi connectivity index (χ2v) is 6.32. The summed E-state index contributed by atoms with van der Waals surface area (Å²) in [4.78, 5) is 12.0. The zero-order valence-electron chi connectivity index (χ0n) is 10.7. The average Bonchev–Trinajstić information content (AvgIpc) is 2.75. The van der Waals surface area contributed by atoms with E-state index in [0.717, 1.165) is 18.3 Å². The molecule has 1 aliphatic carbocycles. The molecular formula is C13H24BrNO. The standard InChI is InChI=1S/C13H24BrNO/c1-4-12(2,3)11(16)15-10-13(9-14)7-5-6-8-13/h4-10H2,1-3H3,(H,15,16). The lowest BCUT2D eigenvalue weighted by Gasteiger charge is -2.29. The zero-order chi connectivity index (χ0) is 12.2. The molecule has 0 bridgehead atoms. The van der Waals surface area contributed by atoms with Crippen LogP contribution in [0.2, 0.25) is 0 Å². The van der Waals surface area contributed by atoms with Gasteiger partial charge in [-0.3, -0.25) is 4.79 Å². The highest BCUT2D eigenvalue weighted by Gasteiger charge is 2.34. The number of carbonyl (C=O) groups is 1. The monoisotopic (exact) mass is 289 g/mol. The van der Waals surface area contributed by atoms with Gasteiger partial charge in [0, 0.05) is 17.3 Å². The predicted molar refractivity (Wildman–Crippen MR) is 71.8 cm³/mol. The number of nitrogens with one attached hydrogen (secondary N) is 1. The summed E-state index contributed by atoms with van der Waals surface area (Å²) in [6.45, 7) is 6.92. The van der Waals surface area contributed by atoms with Gasteiger partial charge in [-0.2, -0.15) is 0 Å². The number of rotatable bonds is 5. The van der Waals surface area contributed by atoms with Gasteiger partial charge < -0.3 is 5.32 Å². The van der Waals surface area contributed by atoms with Crippen LogP contribution in [-0.4, -0.2) is 17.8 Å². The highest BCUT2D eigenvalue weighted by molar-refractivity contribution is 9.09. The van der Waals surface area contributed by atoms with E-state index >= 15 is 0 Å². The molecule has 2 nitrogen and oxygen atoms in total. The Kier molecular flexibility index (Phi) is 4.84. The Morgan fingerprint density at radius 2 is 1.94 bits per heavy atom. The molecule has 16 heavy (non-hydrogen) atoms.